The highest BCUT2D eigenvalue weighted by molar-refractivity contribution is 9.10. The maximum atomic E-state index is 10.4. The van der Waals surface area contributed by atoms with Crippen molar-refractivity contribution in [2.45, 2.75) is 19.3 Å². The van der Waals surface area contributed by atoms with Crippen LogP contribution in [0.1, 0.15) is 18.4 Å². The molecular weight excluding hydrogens is 280 g/mol. The molecule has 1 aromatic rings. The lowest BCUT2D eigenvalue weighted by Crippen LogP contribution is -2.27. The third-order valence-corrected chi connectivity index (χ3v) is 2.83. The van der Waals surface area contributed by atoms with E-state index in [0.29, 0.717) is 12.2 Å². The molecule has 1 heterocycles. The molecule has 1 aromatic carbocycles. The van der Waals surface area contributed by atoms with Gasteiger partial charge in [0, 0.05) is 30.4 Å². The molecule has 0 spiro atoms. The van der Waals surface area contributed by atoms with Gasteiger partial charge < -0.3 is 5.32 Å². The SMILES string of the molecule is N#CCc1cccc(Br)c1.O=C1CCNCC1. The minimum atomic E-state index is 0.402. The predicted octanol–water partition coefficient (Wildman–Crippen LogP) is 2.45. The largest absolute Gasteiger partial charge is 0.316 e. The maximum Gasteiger partial charge on any atom is 0.135 e. The Morgan fingerprint density at radius 1 is 1.35 bits per heavy atom. The molecule has 17 heavy (non-hydrogen) atoms. The Kier molecular flexibility index (Phi) is 6.53. The topological polar surface area (TPSA) is 52.9 Å². The molecule has 1 N–H and O–H groups in total. The summed E-state index contributed by atoms with van der Waals surface area (Å²) in [5.74, 6) is 0.402. The second-order valence-corrected chi connectivity index (χ2v) is 4.67. The van der Waals surface area contributed by atoms with Gasteiger partial charge >= 0.3 is 0 Å². The van der Waals surface area contributed by atoms with Crippen molar-refractivity contribution in [1.29, 1.82) is 5.26 Å². The first-order valence-corrected chi connectivity index (χ1v) is 6.35. The summed E-state index contributed by atoms with van der Waals surface area (Å²) in [5, 5.41) is 11.4. The van der Waals surface area contributed by atoms with E-state index < -0.39 is 0 Å². The Hall–Kier alpha value is -1.18. The third kappa shape index (κ3) is 6.20. The van der Waals surface area contributed by atoms with Gasteiger partial charge in [0.1, 0.15) is 5.78 Å². The van der Waals surface area contributed by atoms with Crippen molar-refractivity contribution >= 4 is 21.7 Å². The summed E-state index contributed by atoms with van der Waals surface area (Å²) in [6.07, 6.45) is 1.96. The monoisotopic (exact) mass is 294 g/mol. The zero-order valence-electron chi connectivity index (χ0n) is 9.58. The number of rotatable bonds is 1. The Bertz CT molecular complexity index is 404. The average Bonchev–Trinajstić information content (AvgIpc) is 2.31. The van der Waals surface area contributed by atoms with Gasteiger partial charge in [-0.05, 0) is 17.7 Å². The number of halogens is 1. The molecular formula is C13H15BrN2O. The number of nitrogens with zero attached hydrogens (tertiary/aromatic N) is 1. The lowest BCUT2D eigenvalue weighted by Gasteiger charge is -2.08. The smallest absolute Gasteiger partial charge is 0.135 e. The molecule has 0 aliphatic carbocycles. The highest BCUT2D eigenvalue weighted by atomic mass is 79.9. The van der Waals surface area contributed by atoms with Gasteiger partial charge in [-0.15, -0.1) is 0 Å². The van der Waals surface area contributed by atoms with E-state index in [4.69, 9.17) is 5.26 Å². The Morgan fingerprint density at radius 3 is 2.53 bits per heavy atom. The number of nitrogens with one attached hydrogen (secondary N) is 1. The number of carbonyl (C=O) groups excluding carboxylic acids is 1. The molecule has 0 unspecified atom stereocenters. The van der Waals surface area contributed by atoms with Gasteiger partial charge in [0.25, 0.3) is 0 Å². The van der Waals surface area contributed by atoms with E-state index in [1.165, 1.54) is 0 Å². The van der Waals surface area contributed by atoms with Crippen molar-refractivity contribution in [2.24, 2.45) is 0 Å². The second kappa shape index (κ2) is 7.99. The number of hydrogen-bond donors (Lipinski definition) is 1. The number of Topliss-reactive ketones (excluding diaryl/α,β-unsaturated/α-hetero) is 1. The van der Waals surface area contributed by atoms with Crippen LogP contribution in [0.15, 0.2) is 28.7 Å². The fourth-order valence-electron chi connectivity index (χ4n) is 1.44. The third-order valence-electron chi connectivity index (χ3n) is 2.33. The van der Waals surface area contributed by atoms with Gasteiger partial charge in [-0.3, -0.25) is 4.79 Å². The van der Waals surface area contributed by atoms with Crippen molar-refractivity contribution in [3.63, 3.8) is 0 Å². The van der Waals surface area contributed by atoms with Gasteiger partial charge in [-0.2, -0.15) is 5.26 Å². The van der Waals surface area contributed by atoms with E-state index in [1.54, 1.807) is 0 Å². The molecule has 90 valence electrons. The van der Waals surface area contributed by atoms with Crippen LogP contribution < -0.4 is 5.32 Å². The van der Waals surface area contributed by atoms with Gasteiger partial charge in [0.05, 0.1) is 12.5 Å². The lowest BCUT2D eigenvalue weighted by atomic mass is 10.1. The molecule has 3 nitrogen and oxygen atoms in total. The Morgan fingerprint density at radius 2 is 2.06 bits per heavy atom. The van der Waals surface area contributed by atoms with E-state index in [0.717, 1.165) is 36.0 Å². The standard InChI is InChI=1S/C8H6BrN.C5H9NO/c9-8-3-1-2-7(6-8)4-5-10;7-5-1-3-6-4-2-5/h1-3,6H,4H2;6H,1-4H2. The van der Waals surface area contributed by atoms with Gasteiger partial charge in [-0.1, -0.05) is 28.1 Å². The first-order valence-electron chi connectivity index (χ1n) is 5.56. The normalized spacial score (nSPS) is 14.5. The number of ketones is 1. The van der Waals surface area contributed by atoms with Crippen LogP contribution in [0.5, 0.6) is 0 Å². The molecule has 0 atom stereocenters. The van der Waals surface area contributed by atoms with Crippen LogP contribution >= 0.6 is 15.9 Å². The van der Waals surface area contributed by atoms with Gasteiger partial charge in [0.2, 0.25) is 0 Å². The number of hydrogen-bond acceptors (Lipinski definition) is 3. The van der Waals surface area contributed by atoms with Crippen molar-refractivity contribution in [1.82, 2.24) is 5.32 Å². The number of piperidine rings is 1. The van der Waals surface area contributed by atoms with Gasteiger partial charge in [-0.25, -0.2) is 0 Å². The summed E-state index contributed by atoms with van der Waals surface area (Å²) in [4.78, 5) is 10.4. The molecule has 1 saturated heterocycles. The van der Waals surface area contributed by atoms with Gasteiger partial charge in [0.15, 0.2) is 0 Å². The fourth-order valence-corrected chi connectivity index (χ4v) is 1.89. The van der Waals surface area contributed by atoms with Crippen LogP contribution in [-0.2, 0) is 11.2 Å². The van der Waals surface area contributed by atoms with Crippen molar-refractivity contribution in [3.05, 3.63) is 34.3 Å². The summed E-state index contributed by atoms with van der Waals surface area (Å²) >= 11 is 3.32. The van der Waals surface area contributed by atoms with E-state index in [1.807, 2.05) is 24.3 Å². The van der Waals surface area contributed by atoms with Crippen LogP contribution in [0.2, 0.25) is 0 Å². The lowest BCUT2D eigenvalue weighted by molar-refractivity contribution is -0.119. The molecule has 0 radical (unpaired) electrons. The average molecular weight is 295 g/mol. The highest BCUT2D eigenvalue weighted by Crippen LogP contribution is 2.11. The number of nitriles is 1. The molecule has 4 heteroatoms. The van der Waals surface area contributed by atoms with Crippen LogP contribution in [0, 0.1) is 11.3 Å². The molecule has 0 amide bonds. The Labute approximate surface area is 110 Å². The van der Waals surface area contributed by atoms with Crippen molar-refractivity contribution < 1.29 is 4.79 Å². The van der Waals surface area contributed by atoms with Crippen molar-refractivity contribution in [2.75, 3.05) is 13.1 Å². The van der Waals surface area contributed by atoms with Crippen molar-refractivity contribution in [3.8, 4) is 6.07 Å². The molecule has 1 aliphatic heterocycles. The van der Waals surface area contributed by atoms with E-state index in [9.17, 15) is 4.79 Å². The summed E-state index contributed by atoms with van der Waals surface area (Å²) in [6.45, 7) is 1.78. The van der Waals surface area contributed by atoms with Crippen LogP contribution in [0.4, 0.5) is 0 Å². The van der Waals surface area contributed by atoms with Crippen LogP contribution in [0.25, 0.3) is 0 Å². The quantitative estimate of drug-likeness (QED) is 0.866. The summed E-state index contributed by atoms with van der Waals surface area (Å²) in [5.41, 5.74) is 1.05. The van der Waals surface area contributed by atoms with E-state index in [2.05, 4.69) is 27.3 Å². The minimum Gasteiger partial charge on any atom is -0.316 e. The van der Waals surface area contributed by atoms with E-state index >= 15 is 0 Å². The molecule has 1 aliphatic rings. The number of benzene rings is 1. The number of carbonyl (C=O) groups is 1. The zero-order chi connectivity index (χ0) is 12.5. The zero-order valence-corrected chi connectivity index (χ0v) is 11.2. The predicted molar refractivity (Wildman–Crippen MR) is 70.6 cm³/mol. The summed E-state index contributed by atoms with van der Waals surface area (Å²) in [7, 11) is 0. The second-order valence-electron chi connectivity index (χ2n) is 3.75. The fraction of sp³-hybridized carbons (Fsp3) is 0.385. The maximum absolute atomic E-state index is 10.4. The summed E-state index contributed by atoms with van der Waals surface area (Å²) in [6, 6.07) is 9.85. The molecule has 1 fully saturated rings. The van der Waals surface area contributed by atoms with E-state index in [-0.39, 0.29) is 0 Å². The molecule has 0 bridgehead atoms. The first-order chi connectivity index (χ1) is 8.22. The van der Waals surface area contributed by atoms with Crippen LogP contribution in [0.3, 0.4) is 0 Å². The molecule has 2 rings (SSSR count). The first kappa shape index (κ1) is 13.9. The minimum absolute atomic E-state index is 0.402. The molecule has 0 aromatic heterocycles. The highest BCUT2D eigenvalue weighted by Gasteiger charge is 2.04. The summed E-state index contributed by atoms with van der Waals surface area (Å²) < 4.78 is 1.03. The molecule has 0 saturated carbocycles. The van der Waals surface area contributed by atoms with Crippen LogP contribution in [-0.4, -0.2) is 18.9 Å². The Balaban J connectivity index is 0.000000181.